The summed E-state index contributed by atoms with van der Waals surface area (Å²) in [5, 5.41) is 4.02. The highest BCUT2D eigenvalue weighted by Crippen LogP contribution is 2.30. The van der Waals surface area contributed by atoms with E-state index in [1.807, 2.05) is 47.2 Å². The number of pyridine rings is 1. The molecule has 6 nitrogen and oxygen atoms in total. The molecule has 0 spiro atoms. The Balaban J connectivity index is 1.51. The second-order valence-corrected chi connectivity index (χ2v) is 8.99. The minimum Gasteiger partial charge on any atom is -0.366 e. The van der Waals surface area contributed by atoms with Crippen molar-refractivity contribution < 1.29 is 18.4 Å². The second-order valence-electron chi connectivity index (χ2n) is 8.99. The lowest BCUT2D eigenvalue weighted by Crippen LogP contribution is -2.33. The molecule has 5 rings (SSSR count). The van der Waals surface area contributed by atoms with Crippen LogP contribution in [-0.2, 0) is 17.8 Å². The van der Waals surface area contributed by atoms with Gasteiger partial charge in [-0.2, -0.15) is 0 Å². The minimum absolute atomic E-state index is 0.0425. The number of amides is 2. The first-order valence-corrected chi connectivity index (χ1v) is 12.0. The molecule has 0 saturated heterocycles. The lowest BCUT2D eigenvalue weighted by molar-refractivity contribution is -0.122. The lowest BCUT2D eigenvalue weighted by Gasteiger charge is -2.22. The van der Waals surface area contributed by atoms with E-state index in [0.717, 1.165) is 17.0 Å². The van der Waals surface area contributed by atoms with Crippen molar-refractivity contribution in [2.75, 3.05) is 0 Å². The zero-order chi connectivity index (χ0) is 26.6. The summed E-state index contributed by atoms with van der Waals surface area (Å²) in [6, 6.07) is 22.5. The van der Waals surface area contributed by atoms with Crippen LogP contribution in [0.2, 0.25) is 0 Å². The number of benzene rings is 3. The number of hydrogen-bond acceptors (Lipinski definition) is 3. The van der Waals surface area contributed by atoms with Crippen LogP contribution in [0.1, 0.15) is 27.7 Å². The summed E-state index contributed by atoms with van der Waals surface area (Å²) in [6.45, 7) is 0.0425. The molecule has 38 heavy (non-hydrogen) atoms. The third kappa shape index (κ3) is 5.44. The Morgan fingerprint density at radius 2 is 1.71 bits per heavy atom. The number of carbonyl (C=O) groups excluding carboxylic acids is 2. The summed E-state index contributed by atoms with van der Waals surface area (Å²) in [7, 11) is 0. The average molecular weight is 511 g/mol. The first kappa shape index (κ1) is 24.8. The van der Waals surface area contributed by atoms with Crippen molar-refractivity contribution in [3.05, 3.63) is 126 Å². The summed E-state index contributed by atoms with van der Waals surface area (Å²) in [5.74, 6) is -2.29. The Kier molecular flexibility index (Phi) is 6.95. The molecule has 0 saturated carbocycles. The van der Waals surface area contributed by atoms with Gasteiger partial charge in [-0.15, -0.1) is 0 Å². The van der Waals surface area contributed by atoms with E-state index in [1.54, 1.807) is 36.5 Å². The van der Waals surface area contributed by atoms with Crippen molar-refractivity contribution in [1.82, 2.24) is 14.9 Å². The molecule has 2 heterocycles. The van der Waals surface area contributed by atoms with E-state index in [1.165, 1.54) is 12.1 Å². The number of hydrogen-bond donors (Lipinski definition) is 2. The van der Waals surface area contributed by atoms with Gasteiger partial charge in [-0.25, -0.2) is 8.78 Å². The number of aromatic nitrogens is 2. The SMILES string of the molecule is NC(=O)c1cccc(-c2cccnc2[C@H](Cc2cc(F)cc(F)c2)NC(=O)Cn2ccc3ccccc32)c1. The molecule has 5 aromatic rings. The molecule has 3 aromatic carbocycles. The van der Waals surface area contributed by atoms with Gasteiger partial charge in [0, 0.05) is 35.1 Å². The van der Waals surface area contributed by atoms with Crippen LogP contribution < -0.4 is 11.1 Å². The van der Waals surface area contributed by atoms with Gasteiger partial charge >= 0.3 is 0 Å². The second kappa shape index (κ2) is 10.6. The fourth-order valence-electron chi connectivity index (χ4n) is 4.63. The number of fused-ring (bicyclic) bond motifs is 1. The summed E-state index contributed by atoms with van der Waals surface area (Å²) in [4.78, 5) is 29.6. The zero-order valence-corrected chi connectivity index (χ0v) is 20.3. The smallest absolute Gasteiger partial charge is 0.248 e. The number of rotatable bonds is 8. The predicted octanol–water partition coefficient (Wildman–Crippen LogP) is 5.18. The molecule has 2 amide bonds. The largest absolute Gasteiger partial charge is 0.366 e. The third-order valence-corrected chi connectivity index (χ3v) is 6.32. The molecule has 0 bridgehead atoms. The standard InChI is InChI=1S/C30H24F2N4O2/c31-23-13-19(14-24(32)17-23)15-26(35-28(37)18-36-12-10-20-5-1-2-9-27(20)36)29-25(8-4-11-34-29)21-6-3-7-22(16-21)30(33)38/h1-14,16-17,26H,15,18H2,(H2,33,38)(H,35,37)/t26-/m0/s1. The maximum Gasteiger partial charge on any atom is 0.248 e. The molecule has 0 radical (unpaired) electrons. The average Bonchev–Trinajstić information content (AvgIpc) is 3.30. The Morgan fingerprint density at radius 3 is 2.50 bits per heavy atom. The van der Waals surface area contributed by atoms with Crippen LogP contribution >= 0.6 is 0 Å². The first-order valence-electron chi connectivity index (χ1n) is 12.0. The van der Waals surface area contributed by atoms with Crippen LogP contribution in [0.4, 0.5) is 8.78 Å². The summed E-state index contributed by atoms with van der Waals surface area (Å²) < 4.78 is 29.9. The van der Waals surface area contributed by atoms with Gasteiger partial charge in [0.1, 0.15) is 18.2 Å². The molecule has 0 aliphatic carbocycles. The number of nitrogens with two attached hydrogens (primary N) is 1. The Bertz CT molecular complexity index is 1630. The van der Waals surface area contributed by atoms with Crippen LogP contribution in [0.25, 0.3) is 22.0 Å². The number of para-hydroxylation sites is 1. The Hall–Kier alpha value is -4.85. The van der Waals surface area contributed by atoms with Crippen molar-refractivity contribution >= 4 is 22.7 Å². The molecule has 0 aliphatic rings. The quantitative estimate of drug-likeness (QED) is 0.301. The normalized spacial score (nSPS) is 11.8. The number of halogens is 2. The van der Waals surface area contributed by atoms with E-state index in [-0.39, 0.29) is 18.9 Å². The zero-order valence-electron chi connectivity index (χ0n) is 20.3. The number of primary amides is 1. The van der Waals surface area contributed by atoms with Gasteiger partial charge < -0.3 is 15.6 Å². The fourth-order valence-corrected chi connectivity index (χ4v) is 4.63. The van der Waals surface area contributed by atoms with Crippen molar-refractivity contribution in [2.45, 2.75) is 19.0 Å². The van der Waals surface area contributed by atoms with E-state index in [2.05, 4.69) is 10.3 Å². The molecule has 0 aliphatic heterocycles. The topological polar surface area (TPSA) is 90.0 Å². The van der Waals surface area contributed by atoms with Crippen LogP contribution in [0, 0.1) is 11.6 Å². The van der Waals surface area contributed by atoms with Gasteiger partial charge in [-0.1, -0.05) is 36.4 Å². The molecular weight excluding hydrogens is 486 g/mol. The lowest BCUT2D eigenvalue weighted by atomic mass is 9.94. The van der Waals surface area contributed by atoms with E-state index in [4.69, 9.17) is 5.73 Å². The number of carbonyl (C=O) groups is 2. The number of nitrogens with one attached hydrogen (secondary N) is 1. The highest BCUT2D eigenvalue weighted by atomic mass is 19.1. The van der Waals surface area contributed by atoms with Crippen LogP contribution in [0.15, 0.2) is 97.3 Å². The van der Waals surface area contributed by atoms with Gasteiger partial charge in [0.05, 0.1) is 11.7 Å². The van der Waals surface area contributed by atoms with Gasteiger partial charge in [0.2, 0.25) is 11.8 Å². The molecular formula is C30H24F2N4O2. The molecule has 1 atom stereocenters. The Morgan fingerprint density at radius 1 is 0.921 bits per heavy atom. The monoisotopic (exact) mass is 510 g/mol. The van der Waals surface area contributed by atoms with Crippen LogP contribution in [0.3, 0.4) is 0 Å². The molecule has 8 heteroatoms. The highest BCUT2D eigenvalue weighted by molar-refractivity contribution is 5.94. The van der Waals surface area contributed by atoms with Crippen molar-refractivity contribution in [2.24, 2.45) is 5.73 Å². The maximum atomic E-state index is 14.0. The molecule has 0 unspecified atom stereocenters. The fraction of sp³-hybridized carbons (Fsp3) is 0.100. The third-order valence-electron chi connectivity index (χ3n) is 6.32. The maximum absolute atomic E-state index is 14.0. The molecule has 2 aromatic heterocycles. The summed E-state index contributed by atoms with van der Waals surface area (Å²) >= 11 is 0. The van der Waals surface area contributed by atoms with E-state index in [9.17, 15) is 18.4 Å². The molecule has 190 valence electrons. The van der Waals surface area contributed by atoms with Gasteiger partial charge in [0.25, 0.3) is 0 Å². The summed E-state index contributed by atoms with van der Waals surface area (Å²) in [5.41, 5.74) is 8.89. The molecule has 3 N–H and O–H groups in total. The van der Waals surface area contributed by atoms with E-state index >= 15 is 0 Å². The van der Waals surface area contributed by atoms with Crippen LogP contribution in [0.5, 0.6) is 0 Å². The summed E-state index contributed by atoms with van der Waals surface area (Å²) in [6.07, 6.45) is 3.51. The Labute approximate surface area is 217 Å². The first-order chi connectivity index (χ1) is 18.4. The van der Waals surface area contributed by atoms with Gasteiger partial charge in [-0.3, -0.25) is 14.6 Å². The van der Waals surface area contributed by atoms with Crippen molar-refractivity contribution in [3.8, 4) is 11.1 Å². The van der Waals surface area contributed by atoms with E-state index in [0.29, 0.717) is 27.9 Å². The van der Waals surface area contributed by atoms with Gasteiger partial charge in [-0.05, 0) is 65.4 Å². The van der Waals surface area contributed by atoms with Crippen molar-refractivity contribution in [3.63, 3.8) is 0 Å². The predicted molar refractivity (Wildman–Crippen MR) is 141 cm³/mol. The number of nitrogens with zero attached hydrogens (tertiary/aromatic N) is 2. The van der Waals surface area contributed by atoms with Gasteiger partial charge in [0.15, 0.2) is 0 Å². The molecule has 0 fully saturated rings. The minimum atomic E-state index is -0.723. The van der Waals surface area contributed by atoms with E-state index < -0.39 is 23.6 Å². The van der Waals surface area contributed by atoms with Crippen LogP contribution in [-0.4, -0.2) is 21.4 Å². The highest BCUT2D eigenvalue weighted by Gasteiger charge is 2.22. The van der Waals surface area contributed by atoms with Crippen molar-refractivity contribution in [1.29, 1.82) is 0 Å².